The molecule has 0 aliphatic rings. The topological polar surface area (TPSA) is 46.3 Å². The number of hydrogen-bond donors (Lipinski definition) is 1. The average Bonchev–Trinajstić information content (AvgIpc) is 2.27. The van der Waals surface area contributed by atoms with Gasteiger partial charge in [-0.25, -0.2) is 0 Å². The third kappa shape index (κ3) is 2.99. The van der Waals surface area contributed by atoms with Crippen molar-refractivity contribution in [1.29, 1.82) is 0 Å². The van der Waals surface area contributed by atoms with Crippen molar-refractivity contribution in [2.45, 2.75) is 32.7 Å². The summed E-state index contributed by atoms with van der Waals surface area (Å²) in [5, 5.41) is 0. The van der Waals surface area contributed by atoms with Crippen LogP contribution in [0.2, 0.25) is 0 Å². The lowest BCUT2D eigenvalue weighted by Gasteiger charge is -2.25. The lowest BCUT2D eigenvalue weighted by Crippen LogP contribution is -2.29. The Morgan fingerprint density at radius 2 is 2.19 bits per heavy atom. The van der Waals surface area contributed by atoms with Crippen LogP contribution in [0.4, 0.5) is 5.69 Å². The predicted octanol–water partition coefficient (Wildman–Crippen LogP) is 2.59. The van der Waals surface area contributed by atoms with E-state index in [9.17, 15) is 4.79 Å². The van der Waals surface area contributed by atoms with Crippen molar-refractivity contribution in [1.82, 2.24) is 4.90 Å². The predicted molar refractivity (Wildman–Crippen MR) is 66.9 cm³/mol. The number of amides is 1. The third-order valence-electron chi connectivity index (χ3n) is 2.83. The first-order chi connectivity index (χ1) is 7.56. The van der Waals surface area contributed by atoms with Gasteiger partial charge in [0.15, 0.2) is 0 Å². The van der Waals surface area contributed by atoms with Crippen molar-refractivity contribution >= 4 is 11.6 Å². The molecule has 3 heteroatoms. The minimum Gasteiger partial charge on any atom is -0.399 e. The van der Waals surface area contributed by atoms with Crippen molar-refractivity contribution in [3.63, 3.8) is 0 Å². The van der Waals surface area contributed by atoms with E-state index in [4.69, 9.17) is 5.73 Å². The van der Waals surface area contributed by atoms with Gasteiger partial charge in [-0.1, -0.05) is 19.1 Å². The molecule has 0 saturated heterocycles. The van der Waals surface area contributed by atoms with Gasteiger partial charge in [-0.2, -0.15) is 0 Å². The standard InChI is InChI=1S/C13H20N2O/c1-4-6-13(16)15(3)10(2)11-7-5-8-12(14)9-11/h5,7-10H,4,6,14H2,1-3H3. The summed E-state index contributed by atoms with van der Waals surface area (Å²) in [4.78, 5) is 13.5. The van der Waals surface area contributed by atoms with Gasteiger partial charge in [-0.3, -0.25) is 4.79 Å². The number of nitrogens with two attached hydrogens (primary N) is 1. The first kappa shape index (κ1) is 12.6. The molecule has 0 saturated carbocycles. The second-order valence-electron chi connectivity index (χ2n) is 4.10. The largest absolute Gasteiger partial charge is 0.399 e. The summed E-state index contributed by atoms with van der Waals surface area (Å²) in [6, 6.07) is 7.75. The SMILES string of the molecule is CCCC(=O)N(C)C(C)c1cccc(N)c1. The molecular weight excluding hydrogens is 200 g/mol. The molecule has 0 aromatic heterocycles. The molecule has 0 spiro atoms. The van der Waals surface area contributed by atoms with Gasteiger partial charge in [-0.15, -0.1) is 0 Å². The molecule has 2 N–H and O–H groups in total. The maximum Gasteiger partial charge on any atom is 0.222 e. The van der Waals surface area contributed by atoms with E-state index in [0.29, 0.717) is 6.42 Å². The first-order valence-corrected chi connectivity index (χ1v) is 5.67. The van der Waals surface area contributed by atoms with Crippen LogP contribution in [0.25, 0.3) is 0 Å². The fourth-order valence-electron chi connectivity index (χ4n) is 1.65. The van der Waals surface area contributed by atoms with Gasteiger partial charge in [-0.05, 0) is 31.0 Å². The van der Waals surface area contributed by atoms with E-state index >= 15 is 0 Å². The van der Waals surface area contributed by atoms with Gasteiger partial charge in [0.05, 0.1) is 6.04 Å². The van der Waals surface area contributed by atoms with E-state index < -0.39 is 0 Å². The number of anilines is 1. The summed E-state index contributed by atoms with van der Waals surface area (Å²) in [6.07, 6.45) is 1.48. The summed E-state index contributed by atoms with van der Waals surface area (Å²) >= 11 is 0. The van der Waals surface area contributed by atoms with Crippen molar-refractivity contribution in [2.75, 3.05) is 12.8 Å². The van der Waals surface area contributed by atoms with Crippen molar-refractivity contribution in [3.05, 3.63) is 29.8 Å². The maximum absolute atomic E-state index is 11.7. The van der Waals surface area contributed by atoms with Gasteiger partial charge in [0.25, 0.3) is 0 Å². The van der Waals surface area contributed by atoms with Crippen LogP contribution in [0.1, 0.15) is 38.3 Å². The minimum atomic E-state index is 0.0718. The molecular formula is C13H20N2O. The van der Waals surface area contributed by atoms with Crippen LogP contribution in [0.3, 0.4) is 0 Å². The zero-order valence-corrected chi connectivity index (χ0v) is 10.2. The lowest BCUT2D eigenvalue weighted by atomic mass is 10.1. The molecule has 0 aliphatic carbocycles. The molecule has 3 nitrogen and oxygen atoms in total. The van der Waals surface area contributed by atoms with E-state index in [0.717, 1.165) is 17.7 Å². The summed E-state index contributed by atoms with van der Waals surface area (Å²) < 4.78 is 0. The number of nitrogens with zero attached hydrogens (tertiary/aromatic N) is 1. The molecule has 1 aromatic carbocycles. The summed E-state index contributed by atoms with van der Waals surface area (Å²) in [5.41, 5.74) is 7.54. The second-order valence-corrected chi connectivity index (χ2v) is 4.10. The van der Waals surface area contributed by atoms with Crippen LogP contribution < -0.4 is 5.73 Å². The van der Waals surface area contributed by atoms with Gasteiger partial charge < -0.3 is 10.6 Å². The molecule has 0 aliphatic heterocycles. The van der Waals surface area contributed by atoms with Crippen molar-refractivity contribution in [3.8, 4) is 0 Å². The van der Waals surface area contributed by atoms with E-state index in [1.54, 1.807) is 4.90 Å². The monoisotopic (exact) mass is 220 g/mol. The Hall–Kier alpha value is -1.51. The highest BCUT2D eigenvalue weighted by Gasteiger charge is 2.16. The number of hydrogen-bond acceptors (Lipinski definition) is 2. The van der Waals surface area contributed by atoms with Crippen LogP contribution in [0.15, 0.2) is 24.3 Å². The molecule has 0 radical (unpaired) electrons. The molecule has 0 heterocycles. The summed E-state index contributed by atoms with van der Waals surface area (Å²) in [6.45, 7) is 4.03. The highest BCUT2D eigenvalue weighted by molar-refractivity contribution is 5.76. The Bertz CT molecular complexity index is 363. The Balaban J connectivity index is 2.77. The van der Waals surface area contributed by atoms with Crippen LogP contribution in [-0.2, 0) is 4.79 Å². The van der Waals surface area contributed by atoms with Crippen molar-refractivity contribution in [2.24, 2.45) is 0 Å². The number of benzene rings is 1. The van der Waals surface area contributed by atoms with E-state index in [2.05, 4.69) is 0 Å². The molecule has 1 atom stereocenters. The van der Waals surface area contributed by atoms with E-state index in [1.165, 1.54) is 0 Å². The number of carbonyl (C=O) groups excluding carboxylic acids is 1. The molecule has 1 amide bonds. The van der Waals surface area contributed by atoms with Crippen LogP contribution in [0.5, 0.6) is 0 Å². The van der Waals surface area contributed by atoms with Crippen LogP contribution in [0, 0.1) is 0 Å². The number of carbonyl (C=O) groups is 1. The highest BCUT2D eigenvalue weighted by atomic mass is 16.2. The van der Waals surface area contributed by atoms with Crippen LogP contribution >= 0.6 is 0 Å². The molecule has 0 bridgehead atoms. The average molecular weight is 220 g/mol. The minimum absolute atomic E-state index is 0.0718. The fraction of sp³-hybridized carbons (Fsp3) is 0.462. The van der Waals surface area contributed by atoms with Gasteiger partial charge >= 0.3 is 0 Å². The Morgan fingerprint density at radius 3 is 2.75 bits per heavy atom. The molecule has 88 valence electrons. The third-order valence-corrected chi connectivity index (χ3v) is 2.83. The van der Waals surface area contributed by atoms with Gasteiger partial charge in [0.1, 0.15) is 0 Å². The summed E-state index contributed by atoms with van der Waals surface area (Å²) in [5.74, 6) is 0.178. The Kier molecular flexibility index (Phi) is 4.35. The number of rotatable bonds is 4. The van der Waals surface area contributed by atoms with Gasteiger partial charge in [0, 0.05) is 19.2 Å². The lowest BCUT2D eigenvalue weighted by molar-refractivity contribution is -0.131. The molecule has 0 fully saturated rings. The Morgan fingerprint density at radius 1 is 1.50 bits per heavy atom. The quantitative estimate of drug-likeness (QED) is 0.793. The zero-order chi connectivity index (χ0) is 12.1. The van der Waals surface area contributed by atoms with Gasteiger partial charge in [0.2, 0.25) is 5.91 Å². The van der Waals surface area contributed by atoms with E-state index in [1.807, 2.05) is 45.2 Å². The fourth-order valence-corrected chi connectivity index (χ4v) is 1.65. The molecule has 16 heavy (non-hydrogen) atoms. The van der Waals surface area contributed by atoms with Crippen LogP contribution in [-0.4, -0.2) is 17.9 Å². The second kappa shape index (κ2) is 5.54. The zero-order valence-electron chi connectivity index (χ0n) is 10.2. The molecule has 1 unspecified atom stereocenters. The summed E-state index contributed by atoms with van der Waals surface area (Å²) in [7, 11) is 1.84. The smallest absolute Gasteiger partial charge is 0.222 e. The highest BCUT2D eigenvalue weighted by Crippen LogP contribution is 2.21. The number of nitrogen functional groups attached to an aromatic ring is 1. The maximum atomic E-state index is 11.7. The normalized spacial score (nSPS) is 12.2. The Labute approximate surface area is 97.2 Å². The first-order valence-electron chi connectivity index (χ1n) is 5.67. The molecule has 1 rings (SSSR count). The van der Waals surface area contributed by atoms with E-state index in [-0.39, 0.29) is 11.9 Å². The molecule has 1 aromatic rings. The van der Waals surface area contributed by atoms with Crippen molar-refractivity contribution < 1.29 is 4.79 Å².